The molecule has 1 aromatic heterocycles. The average molecular weight is 521 g/mol. The summed E-state index contributed by atoms with van der Waals surface area (Å²) in [6.07, 6.45) is -0.435. The van der Waals surface area contributed by atoms with Crippen molar-refractivity contribution in [3.05, 3.63) is 104 Å². The summed E-state index contributed by atoms with van der Waals surface area (Å²) in [5.74, 6) is -2.19. The van der Waals surface area contributed by atoms with Crippen LogP contribution in [0.5, 0.6) is 0 Å². The minimum atomic E-state index is -4.54. The van der Waals surface area contributed by atoms with E-state index in [1.165, 1.54) is 18.2 Å². The van der Waals surface area contributed by atoms with Crippen LogP contribution in [0, 0.1) is 13.8 Å². The van der Waals surface area contributed by atoms with Gasteiger partial charge in [-0.25, -0.2) is 0 Å². The molecule has 1 heterocycles. The standard InChI is InChI=1S/C27H25Cl2F3N2O/c1-16-13-18(8-10-20(16)25(35)34-26(3,4)24-7-5-6-12-33-24)9-11-21(27(30,31)32)19-14-22(28)17(2)23(29)15-19/h5-15,21H,1-4H3,(H,34,35)/b11-9+. The maximum Gasteiger partial charge on any atom is 0.399 e. The second-order valence-electron chi connectivity index (χ2n) is 8.86. The third-order valence-electron chi connectivity index (χ3n) is 5.72. The van der Waals surface area contributed by atoms with E-state index in [0.29, 0.717) is 27.9 Å². The van der Waals surface area contributed by atoms with Crippen molar-refractivity contribution in [2.45, 2.75) is 45.3 Å². The molecule has 184 valence electrons. The van der Waals surface area contributed by atoms with Crippen LogP contribution in [0.2, 0.25) is 10.0 Å². The second kappa shape index (κ2) is 10.4. The van der Waals surface area contributed by atoms with Crippen LogP contribution in [0.1, 0.15) is 58.1 Å². The Labute approximate surface area is 213 Å². The Morgan fingerprint density at radius 2 is 1.69 bits per heavy atom. The smallest absolute Gasteiger partial charge is 0.342 e. The maximum absolute atomic E-state index is 13.8. The highest BCUT2D eigenvalue weighted by Crippen LogP contribution is 2.39. The number of nitrogens with one attached hydrogen (secondary N) is 1. The van der Waals surface area contributed by atoms with E-state index in [9.17, 15) is 18.0 Å². The zero-order chi connectivity index (χ0) is 26.0. The molecular formula is C27H25Cl2F3N2O. The lowest BCUT2D eigenvalue weighted by molar-refractivity contribution is -0.139. The Balaban J connectivity index is 1.84. The fourth-order valence-corrected chi connectivity index (χ4v) is 4.16. The summed E-state index contributed by atoms with van der Waals surface area (Å²) in [5, 5.41) is 3.31. The van der Waals surface area contributed by atoms with Crippen molar-refractivity contribution in [3.8, 4) is 0 Å². The summed E-state index contributed by atoms with van der Waals surface area (Å²) < 4.78 is 41.5. The molecular weight excluding hydrogens is 496 g/mol. The van der Waals surface area contributed by atoms with Crippen molar-refractivity contribution < 1.29 is 18.0 Å². The first-order valence-corrected chi connectivity index (χ1v) is 11.6. The van der Waals surface area contributed by atoms with Gasteiger partial charge in [-0.3, -0.25) is 9.78 Å². The molecule has 0 aliphatic rings. The van der Waals surface area contributed by atoms with E-state index in [1.54, 1.807) is 44.3 Å². The molecule has 8 heteroatoms. The van der Waals surface area contributed by atoms with Crippen LogP contribution >= 0.6 is 23.2 Å². The fraction of sp³-hybridized carbons (Fsp3) is 0.259. The van der Waals surface area contributed by atoms with Crippen LogP contribution in [0.25, 0.3) is 6.08 Å². The molecule has 3 aromatic rings. The molecule has 35 heavy (non-hydrogen) atoms. The number of aryl methyl sites for hydroxylation is 1. The minimum absolute atomic E-state index is 0.0428. The number of nitrogens with zero attached hydrogens (tertiary/aromatic N) is 1. The van der Waals surface area contributed by atoms with Crippen molar-refractivity contribution >= 4 is 35.2 Å². The second-order valence-corrected chi connectivity index (χ2v) is 9.67. The predicted molar refractivity (Wildman–Crippen MR) is 135 cm³/mol. The van der Waals surface area contributed by atoms with E-state index >= 15 is 0 Å². The molecule has 0 aliphatic heterocycles. The molecule has 0 spiro atoms. The molecule has 0 bridgehead atoms. The number of rotatable bonds is 6. The molecule has 0 saturated heterocycles. The number of allylic oxidation sites excluding steroid dienone is 1. The van der Waals surface area contributed by atoms with Crippen LogP contribution in [0.4, 0.5) is 13.2 Å². The predicted octanol–water partition coefficient (Wildman–Crippen LogP) is 8.03. The number of carbonyl (C=O) groups excluding carboxylic acids is 1. The highest BCUT2D eigenvalue weighted by Gasteiger charge is 2.39. The average Bonchev–Trinajstić information content (AvgIpc) is 2.77. The Kier molecular flexibility index (Phi) is 7.97. The Bertz CT molecular complexity index is 1230. The van der Waals surface area contributed by atoms with Gasteiger partial charge in [0, 0.05) is 21.8 Å². The Hall–Kier alpha value is -2.83. The number of benzene rings is 2. The van der Waals surface area contributed by atoms with Gasteiger partial charge in [0.25, 0.3) is 5.91 Å². The lowest BCUT2D eigenvalue weighted by atomic mass is 9.95. The van der Waals surface area contributed by atoms with Gasteiger partial charge in [-0.1, -0.05) is 53.6 Å². The topological polar surface area (TPSA) is 42.0 Å². The van der Waals surface area contributed by atoms with Gasteiger partial charge < -0.3 is 5.32 Å². The maximum atomic E-state index is 13.8. The SMILES string of the molecule is Cc1cc(/C=C/C(c2cc(Cl)c(C)c(Cl)c2)C(F)(F)F)ccc1C(=O)NC(C)(C)c1ccccn1. The van der Waals surface area contributed by atoms with Gasteiger partial charge in [0.1, 0.15) is 0 Å². The number of alkyl halides is 3. The zero-order valence-electron chi connectivity index (χ0n) is 19.7. The van der Waals surface area contributed by atoms with Gasteiger partial charge in [-0.15, -0.1) is 0 Å². The summed E-state index contributed by atoms with van der Waals surface area (Å²) in [7, 11) is 0. The molecule has 1 atom stereocenters. The normalized spacial score (nSPS) is 13.2. The van der Waals surface area contributed by atoms with Crippen LogP contribution in [-0.2, 0) is 5.54 Å². The monoisotopic (exact) mass is 520 g/mol. The van der Waals surface area contributed by atoms with E-state index in [1.807, 2.05) is 26.0 Å². The molecule has 1 amide bonds. The van der Waals surface area contributed by atoms with Gasteiger partial charge in [-0.05, 0) is 80.3 Å². The summed E-state index contributed by atoms with van der Waals surface area (Å²) in [6.45, 7) is 7.08. The number of hydrogen-bond donors (Lipinski definition) is 1. The lowest BCUT2D eigenvalue weighted by Gasteiger charge is -2.26. The van der Waals surface area contributed by atoms with Crippen LogP contribution in [-0.4, -0.2) is 17.1 Å². The number of halogens is 5. The fourth-order valence-electron chi connectivity index (χ4n) is 3.65. The molecule has 0 fully saturated rings. The molecule has 3 nitrogen and oxygen atoms in total. The summed E-state index contributed by atoms with van der Waals surface area (Å²) in [5.41, 5.74) is 2.07. The number of pyridine rings is 1. The van der Waals surface area contributed by atoms with Crippen molar-refractivity contribution in [2.75, 3.05) is 0 Å². The number of carbonyl (C=O) groups is 1. The molecule has 0 saturated carbocycles. The Morgan fingerprint density at radius 3 is 2.23 bits per heavy atom. The molecule has 1 unspecified atom stereocenters. The van der Waals surface area contributed by atoms with E-state index in [2.05, 4.69) is 10.3 Å². The first-order chi connectivity index (χ1) is 16.3. The van der Waals surface area contributed by atoms with Gasteiger partial charge in [-0.2, -0.15) is 13.2 Å². The zero-order valence-corrected chi connectivity index (χ0v) is 21.2. The first-order valence-electron chi connectivity index (χ1n) is 10.8. The first kappa shape index (κ1) is 26.8. The Morgan fingerprint density at radius 1 is 1.03 bits per heavy atom. The molecule has 1 N–H and O–H groups in total. The molecule has 0 radical (unpaired) electrons. The van der Waals surface area contributed by atoms with E-state index < -0.39 is 17.6 Å². The third kappa shape index (κ3) is 6.44. The summed E-state index contributed by atoms with van der Waals surface area (Å²) in [6, 6.07) is 12.9. The number of aromatic nitrogens is 1. The van der Waals surface area contributed by atoms with Crippen molar-refractivity contribution in [2.24, 2.45) is 0 Å². The molecule has 2 aromatic carbocycles. The highest BCUT2D eigenvalue weighted by atomic mass is 35.5. The molecule has 0 aliphatic carbocycles. The lowest BCUT2D eigenvalue weighted by Crippen LogP contribution is -2.41. The van der Waals surface area contributed by atoms with Crippen LogP contribution in [0.15, 0.2) is 60.8 Å². The van der Waals surface area contributed by atoms with Crippen molar-refractivity contribution in [1.29, 1.82) is 0 Å². The third-order valence-corrected chi connectivity index (χ3v) is 6.51. The van der Waals surface area contributed by atoms with Gasteiger partial charge in [0.05, 0.1) is 17.2 Å². The van der Waals surface area contributed by atoms with Gasteiger partial charge in [0.15, 0.2) is 0 Å². The number of amides is 1. The van der Waals surface area contributed by atoms with Crippen LogP contribution in [0.3, 0.4) is 0 Å². The van der Waals surface area contributed by atoms with E-state index in [-0.39, 0.29) is 21.5 Å². The van der Waals surface area contributed by atoms with Gasteiger partial charge in [0.2, 0.25) is 0 Å². The largest absolute Gasteiger partial charge is 0.399 e. The van der Waals surface area contributed by atoms with E-state index in [0.717, 1.165) is 6.08 Å². The summed E-state index contributed by atoms with van der Waals surface area (Å²) >= 11 is 12.1. The van der Waals surface area contributed by atoms with Crippen molar-refractivity contribution in [3.63, 3.8) is 0 Å². The van der Waals surface area contributed by atoms with Crippen LogP contribution < -0.4 is 5.32 Å². The minimum Gasteiger partial charge on any atom is -0.342 e. The highest BCUT2D eigenvalue weighted by molar-refractivity contribution is 6.36. The summed E-state index contributed by atoms with van der Waals surface area (Å²) in [4.78, 5) is 17.2. The van der Waals surface area contributed by atoms with Crippen molar-refractivity contribution in [1.82, 2.24) is 10.3 Å². The molecule has 3 rings (SSSR count). The number of hydrogen-bond acceptors (Lipinski definition) is 2. The van der Waals surface area contributed by atoms with Gasteiger partial charge >= 0.3 is 6.18 Å². The quantitative estimate of drug-likeness (QED) is 0.357. The van der Waals surface area contributed by atoms with E-state index in [4.69, 9.17) is 23.2 Å².